The van der Waals surface area contributed by atoms with Gasteiger partial charge in [0, 0.05) is 0 Å². The van der Waals surface area contributed by atoms with E-state index in [1.807, 2.05) is 19.1 Å². The van der Waals surface area contributed by atoms with Gasteiger partial charge in [-0.05, 0) is 29.5 Å². The Kier molecular flexibility index (Phi) is 4.57. The van der Waals surface area contributed by atoms with Gasteiger partial charge in [0.25, 0.3) is 0 Å². The maximum atomic E-state index is 8.70. The van der Waals surface area contributed by atoms with Crippen molar-refractivity contribution in [2.75, 3.05) is 0 Å². The van der Waals surface area contributed by atoms with Crippen LogP contribution in [0.2, 0.25) is 0 Å². The fraction of sp³-hybridized carbons (Fsp3) is 0.533. The lowest BCUT2D eigenvalue weighted by atomic mass is 9.87. The van der Waals surface area contributed by atoms with Gasteiger partial charge in [0.05, 0.1) is 12.5 Å². The van der Waals surface area contributed by atoms with Gasteiger partial charge >= 0.3 is 0 Å². The molecular weight excluding hydrogens is 210 g/mol. The molecule has 0 spiro atoms. The number of hydrogen-bond acceptors (Lipinski definition) is 2. The van der Waals surface area contributed by atoms with Gasteiger partial charge in [0.2, 0.25) is 0 Å². The van der Waals surface area contributed by atoms with Gasteiger partial charge in [-0.2, -0.15) is 5.26 Å². The number of nitrogens with zero attached hydrogens (tertiary/aromatic N) is 1. The highest BCUT2D eigenvalue weighted by Crippen LogP contribution is 2.26. The summed E-state index contributed by atoms with van der Waals surface area (Å²) in [6, 6.07) is 10.3. The van der Waals surface area contributed by atoms with Crippen molar-refractivity contribution in [2.24, 2.45) is 0 Å². The third kappa shape index (κ3) is 4.11. The molecule has 0 aliphatic rings. The zero-order chi connectivity index (χ0) is 12.9. The van der Waals surface area contributed by atoms with Gasteiger partial charge in [0.1, 0.15) is 11.9 Å². The zero-order valence-electron chi connectivity index (χ0n) is 11.2. The van der Waals surface area contributed by atoms with Crippen molar-refractivity contribution in [3.05, 3.63) is 29.8 Å². The van der Waals surface area contributed by atoms with Crippen LogP contribution < -0.4 is 4.74 Å². The highest BCUT2D eigenvalue weighted by Gasteiger charge is 2.15. The summed E-state index contributed by atoms with van der Waals surface area (Å²) in [6.45, 7) is 8.58. The van der Waals surface area contributed by atoms with Crippen molar-refractivity contribution in [2.45, 2.75) is 52.1 Å². The van der Waals surface area contributed by atoms with Crippen molar-refractivity contribution in [1.29, 1.82) is 5.26 Å². The van der Waals surface area contributed by atoms with Crippen LogP contribution in [-0.2, 0) is 5.41 Å². The molecule has 1 aromatic rings. The Hall–Kier alpha value is -1.49. The normalized spacial score (nSPS) is 12.9. The second kappa shape index (κ2) is 5.72. The number of benzene rings is 1. The Balaban J connectivity index is 2.82. The fourth-order valence-corrected chi connectivity index (χ4v) is 1.60. The lowest BCUT2D eigenvalue weighted by molar-refractivity contribution is 0.202. The lowest BCUT2D eigenvalue weighted by Gasteiger charge is -2.21. The summed E-state index contributed by atoms with van der Waals surface area (Å²) in [5.74, 6) is 0.861. The molecule has 1 unspecified atom stereocenters. The Labute approximate surface area is 104 Å². The SMILES string of the molecule is CCC(CC#N)Oc1cccc(C(C)(C)C)c1. The maximum absolute atomic E-state index is 8.70. The van der Waals surface area contributed by atoms with E-state index in [1.165, 1.54) is 5.56 Å². The van der Waals surface area contributed by atoms with E-state index in [0.29, 0.717) is 6.42 Å². The molecule has 17 heavy (non-hydrogen) atoms. The molecule has 0 fully saturated rings. The number of ether oxygens (including phenoxy) is 1. The van der Waals surface area contributed by atoms with Crippen molar-refractivity contribution in [3.8, 4) is 11.8 Å². The van der Waals surface area contributed by atoms with Crippen LogP contribution in [0.5, 0.6) is 5.75 Å². The van der Waals surface area contributed by atoms with Crippen LogP contribution in [0.15, 0.2) is 24.3 Å². The van der Waals surface area contributed by atoms with Crippen LogP contribution in [0.4, 0.5) is 0 Å². The molecule has 1 rings (SSSR count). The minimum Gasteiger partial charge on any atom is -0.489 e. The first-order chi connectivity index (χ1) is 7.97. The number of hydrogen-bond donors (Lipinski definition) is 0. The molecule has 0 saturated carbocycles. The molecule has 2 nitrogen and oxygen atoms in total. The van der Waals surface area contributed by atoms with Crippen LogP contribution in [0, 0.1) is 11.3 Å². The molecule has 0 saturated heterocycles. The van der Waals surface area contributed by atoms with E-state index in [2.05, 4.69) is 39.0 Å². The van der Waals surface area contributed by atoms with Crippen LogP contribution in [-0.4, -0.2) is 6.10 Å². The smallest absolute Gasteiger partial charge is 0.120 e. The molecule has 0 amide bonds. The monoisotopic (exact) mass is 231 g/mol. The average Bonchev–Trinajstić information content (AvgIpc) is 2.28. The quantitative estimate of drug-likeness (QED) is 0.783. The largest absolute Gasteiger partial charge is 0.489 e. The van der Waals surface area contributed by atoms with Gasteiger partial charge in [-0.1, -0.05) is 39.8 Å². The highest BCUT2D eigenvalue weighted by atomic mass is 16.5. The van der Waals surface area contributed by atoms with Crippen molar-refractivity contribution >= 4 is 0 Å². The summed E-state index contributed by atoms with van der Waals surface area (Å²) in [7, 11) is 0. The lowest BCUT2D eigenvalue weighted by Crippen LogP contribution is -2.15. The second-order valence-corrected chi connectivity index (χ2v) is 5.29. The molecule has 1 atom stereocenters. The van der Waals surface area contributed by atoms with E-state index in [-0.39, 0.29) is 11.5 Å². The Bertz CT molecular complexity index is 398. The molecular formula is C15H21NO. The van der Waals surface area contributed by atoms with Crippen LogP contribution in [0.3, 0.4) is 0 Å². The average molecular weight is 231 g/mol. The standard InChI is InChI=1S/C15H21NO/c1-5-13(9-10-16)17-14-8-6-7-12(11-14)15(2,3)4/h6-8,11,13H,5,9H2,1-4H3. The third-order valence-corrected chi connectivity index (χ3v) is 2.78. The molecule has 2 heteroatoms. The summed E-state index contributed by atoms with van der Waals surface area (Å²) < 4.78 is 5.82. The van der Waals surface area contributed by atoms with Gasteiger partial charge in [-0.3, -0.25) is 0 Å². The highest BCUT2D eigenvalue weighted by molar-refractivity contribution is 5.32. The van der Waals surface area contributed by atoms with E-state index in [4.69, 9.17) is 10.00 Å². The molecule has 92 valence electrons. The van der Waals surface area contributed by atoms with Gasteiger partial charge in [0.15, 0.2) is 0 Å². The topological polar surface area (TPSA) is 33.0 Å². The molecule has 0 aromatic heterocycles. The second-order valence-electron chi connectivity index (χ2n) is 5.29. The zero-order valence-corrected chi connectivity index (χ0v) is 11.2. The van der Waals surface area contributed by atoms with Crippen LogP contribution >= 0.6 is 0 Å². The first-order valence-corrected chi connectivity index (χ1v) is 6.11. The summed E-state index contributed by atoms with van der Waals surface area (Å²) in [6.07, 6.45) is 1.29. The number of rotatable bonds is 4. The summed E-state index contributed by atoms with van der Waals surface area (Å²) >= 11 is 0. The molecule has 1 aromatic carbocycles. The molecule has 0 aliphatic heterocycles. The van der Waals surface area contributed by atoms with Crippen molar-refractivity contribution < 1.29 is 4.74 Å². The number of nitriles is 1. The minimum absolute atomic E-state index is 0.00443. The van der Waals surface area contributed by atoms with E-state index in [0.717, 1.165) is 12.2 Å². The summed E-state index contributed by atoms with van der Waals surface area (Å²) in [4.78, 5) is 0. The third-order valence-electron chi connectivity index (χ3n) is 2.78. The minimum atomic E-state index is -0.00443. The Morgan fingerprint density at radius 3 is 2.59 bits per heavy atom. The van der Waals surface area contributed by atoms with Gasteiger partial charge in [-0.15, -0.1) is 0 Å². The molecule has 0 heterocycles. The van der Waals surface area contributed by atoms with E-state index in [9.17, 15) is 0 Å². The van der Waals surface area contributed by atoms with E-state index < -0.39 is 0 Å². The molecule has 0 bridgehead atoms. The predicted molar refractivity (Wildman–Crippen MR) is 70.1 cm³/mol. The van der Waals surface area contributed by atoms with Crippen molar-refractivity contribution in [1.82, 2.24) is 0 Å². The van der Waals surface area contributed by atoms with Crippen LogP contribution in [0.1, 0.15) is 46.1 Å². The maximum Gasteiger partial charge on any atom is 0.120 e. The summed E-state index contributed by atoms with van der Waals surface area (Å²) in [5.41, 5.74) is 1.37. The Morgan fingerprint density at radius 2 is 2.06 bits per heavy atom. The molecule has 0 N–H and O–H groups in total. The first kappa shape index (κ1) is 13.6. The van der Waals surface area contributed by atoms with Gasteiger partial charge in [-0.25, -0.2) is 0 Å². The van der Waals surface area contributed by atoms with Crippen LogP contribution in [0.25, 0.3) is 0 Å². The molecule has 0 radical (unpaired) electrons. The van der Waals surface area contributed by atoms with Crippen molar-refractivity contribution in [3.63, 3.8) is 0 Å². The van der Waals surface area contributed by atoms with E-state index in [1.54, 1.807) is 0 Å². The first-order valence-electron chi connectivity index (χ1n) is 6.11. The fourth-order valence-electron chi connectivity index (χ4n) is 1.60. The Morgan fingerprint density at radius 1 is 1.35 bits per heavy atom. The van der Waals surface area contributed by atoms with E-state index >= 15 is 0 Å². The summed E-state index contributed by atoms with van der Waals surface area (Å²) in [5, 5.41) is 8.70. The molecule has 0 aliphatic carbocycles. The van der Waals surface area contributed by atoms with Gasteiger partial charge < -0.3 is 4.74 Å². The predicted octanol–water partition coefficient (Wildman–Crippen LogP) is 4.06.